The minimum Gasteiger partial charge on any atom is -0.358 e. The number of likely N-dealkylation sites (N-methyl/N-ethyl adjacent to an activating group) is 1. The molecule has 1 aliphatic heterocycles. The molecule has 0 unspecified atom stereocenters. The van der Waals surface area contributed by atoms with Crippen LogP contribution in [0.1, 0.15) is 27.2 Å². The van der Waals surface area contributed by atoms with Crippen molar-refractivity contribution in [2.45, 2.75) is 32.7 Å². The molecule has 0 atom stereocenters. The van der Waals surface area contributed by atoms with E-state index in [2.05, 4.69) is 15.5 Å². The fourth-order valence-electron chi connectivity index (χ4n) is 2.52. The summed E-state index contributed by atoms with van der Waals surface area (Å²) in [5, 5.41) is 5.87. The summed E-state index contributed by atoms with van der Waals surface area (Å²) in [4.78, 5) is 28.2. The zero-order chi connectivity index (χ0) is 15.2. The van der Waals surface area contributed by atoms with Gasteiger partial charge in [-0.05, 0) is 20.3 Å². The summed E-state index contributed by atoms with van der Waals surface area (Å²) in [5.41, 5.74) is -0.564. The van der Waals surface area contributed by atoms with Gasteiger partial charge >= 0.3 is 0 Å². The van der Waals surface area contributed by atoms with E-state index in [1.807, 2.05) is 20.8 Å². The quantitative estimate of drug-likeness (QED) is 0.700. The molecule has 6 heteroatoms. The number of amides is 2. The number of piperazine rings is 1. The molecule has 116 valence electrons. The molecule has 0 aliphatic carbocycles. The molecule has 0 aromatic carbocycles. The molecule has 0 aromatic heterocycles. The number of nitrogens with one attached hydrogen (secondary N) is 2. The lowest BCUT2D eigenvalue weighted by Gasteiger charge is -2.42. The molecular weight excluding hydrogens is 256 g/mol. The Kier molecular flexibility index (Phi) is 6.42. The molecule has 0 bridgehead atoms. The van der Waals surface area contributed by atoms with Crippen LogP contribution in [0.2, 0.25) is 0 Å². The zero-order valence-corrected chi connectivity index (χ0v) is 13.2. The molecule has 20 heavy (non-hydrogen) atoms. The summed E-state index contributed by atoms with van der Waals surface area (Å²) >= 11 is 0. The first-order valence-corrected chi connectivity index (χ1v) is 7.39. The first-order valence-electron chi connectivity index (χ1n) is 7.39. The van der Waals surface area contributed by atoms with Gasteiger partial charge in [-0.2, -0.15) is 0 Å². The van der Waals surface area contributed by atoms with Crippen molar-refractivity contribution in [2.24, 2.45) is 0 Å². The fourth-order valence-corrected chi connectivity index (χ4v) is 2.52. The van der Waals surface area contributed by atoms with E-state index in [9.17, 15) is 9.59 Å². The summed E-state index contributed by atoms with van der Waals surface area (Å²) in [5.74, 6) is -0.0900. The first kappa shape index (κ1) is 16.9. The van der Waals surface area contributed by atoms with Crippen molar-refractivity contribution >= 4 is 11.8 Å². The Balaban J connectivity index is 2.77. The van der Waals surface area contributed by atoms with Gasteiger partial charge in [-0.3, -0.25) is 14.5 Å². The van der Waals surface area contributed by atoms with E-state index < -0.39 is 5.54 Å². The van der Waals surface area contributed by atoms with E-state index >= 15 is 0 Å². The topological polar surface area (TPSA) is 64.7 Å². The largest absolute Gasteiger partial charge is 0.358 e. The summed E-state index contributed by atoms with van der Waals surface area (Å²) in [7, 11) is 1.60. The highest BCUT2D eigenvalue weighted by Crippen LogP contribution is 2.18. The third kappa shape index (κ3) is 4.18. The third-order valence-electron chi connectivity index (χ3n) is 3.82. The molecule has 0 spiro atoms. The van der Waals surface area contributed by atoms with Gasteiger partial charge in [-0.1, -0.05) is 6.92 Å². The van der Waals surface area contributed by atoms with Gasteiger partial charge < -0.3 is 15.5 Å². The maximum atomic E-state index is 12.8. The summed E-state index contributed by atoms with van der Waals surface area (Å²) in [6.07, 6.45) is 0.848. The van der Waals surface area contributed by atoms with Crippen LogP contribution in [0, 0.1) is 0 Å². The first-order chi connectivity index (χ1) is 9.43. The van der Waals surface area contributed by atoms with E-state index in [0.29, 0.717) is 6.54 Å². The minimum atomic E-state index is -0.564. The van der Waals surface area contributed by atoms with Crippen LogP contribution < -0.4 is 10.6 Å². The highest BCUT2D eigenvalue weighted by molar-refractivity contribution is 5.89. The Morgan fingerprint density at radius 2 is 1.90 bits per heavy atom. The second-order valence-corrected chi connectivity index (χ2v) is 5.70. The van der Waals surface area contributed by atoms with Gasteiger partial charge in [-0.15, -0.1) is 0 Å². The van der Waals surface area contributed by atoms with Gasteiger partial charge in [0.25, 0.3) is 0 Å². The van der Waals surface area contributed by atoms with Gasteiger partial charge in [0.15, 0.2) is 0 Å². The molecule has 1 rings (SSSR count). The van der Waals surface area contributed by atoms with Crippen LogP contribution in [0.5, 0.6) is 0 Å². The monoisotopic (exact) mass is 284 g/mol. The van der Waals surface area contributed by atoms with Crippen LogP contribution in [0.15, 0.2) is 0 Å². The van der Waals surface area contributed by atoms with E-state index in [1.165, 1.54) is 0 Å². The van der Waals surface area contributed by atoms with Crippen molar-refractivity contribution in [3.8, 4) is 0 Å². The van der Waals surface area contributed by atoms with E-state index in [1.54, 1.807) is 11.9 Å². The van der Waals surface area contributed by atoms with Crippen molar-refractivity contribution < 1.29 is 9.59 Å². The average Bonchev–Trinajstić information content (AvgIpc) is 2.46. The van der Waals surface area contributed by atoms with Gasteiger partial charge in [-0.25, -0.2) is 0 Å². The van der Waals surface area contributed by atoms with E-state index in [4.69, 9.17) is 0 Å². The maximum Gasteiger partial charge on any atom is 0.242 e. The Morgan fingerprint density at radius 3 is 2.40 bits per heavy atom. The lowest BCUT2D eigenvalue weighted by atomic mass is 9.99. The Bertz CT molecular complexity index is 338. The second kappa shape index (κ2) is 7.59. The van der Waals surface area contributed by atoms with Gasteiger partial charge in [0, 0.05) is 39.8 Å². The van der Waals surface area contributed by atoms with Gasteiger partial charge in [0.2, 0.25) is 11.8 Å². The van der Waals surface area contributed by atoms with Gasteiger partial charge in [0.1, 0.15) is 0 Å². The standard InChI is InChI=1S/C14H28N4O2/c1-5-8-17(11-12(19)15-4)13(20)14(2,3)18-9-6-16-7-10-18/h16H,5-11H2,1-4H3,(H,15,19). The molecule has 2 amide bonds. The highest BCUT2D eigenvalue weighted by Gasteiger charge is 2.38. The number of hydrogen-bond donors (Lipinski definition) is 2. The third-order valence-corrected chi connectivity index (χ3v) is 3.82. The highest BCUT2D eigenvalue weighted by atomic mass is 16.2. The van der Waals surface area contributed by atoms with Crippen molar-refractivity contribution in [2.75, 3.05) is 46.3 Å². The molecule has 1 aliphatic rings. The normalized spacial score (nSPS) is 16.8. The molecule has 0 radical (unpaired) electrons. The molecular formula is C14H28N4O2. The predicted molar refractivity (Wildman–Crippen MR) is 79.5 cm³/mol. The zero-order valence-electron chi connectivity index (χ0n) is 13.2. The summed E-state index contributed by atoms with van der Waals surface area (Å²) in [6.45, 7) is 10.2. The minimum absolute atomic E-state index is 0.0323. The SMILES string of the molecule is CCCN(CC(=O)NC)C(=O)C(C)(C)N1CCNCC1. The molecule has 0 aromatic rings. The Morgan fingerprint density at radius 1 is 1.30 bits per heavy atom. The van der Waals surface area contributed by atoms with Crippen LogP contribution in [0.4, 0.5) is 0 Å². The van der Waals surface area contributed by atoms with E-state index in [-0.39, 0.29) is 18.4 Å². The lowest BCUT2D eigenvalue weighted by Crippen LogP contribution is -2.61. The Hall–Kier alpha value is -1.14. The van der Waals surface area contributed by atoms with Crippen molar-refractivity contribution in [1.82, 2.24) is 20.4 Å². The van der Waals surface area contributed by atoms with Crippen molar-refractivity contribution in [3.05, 3.63) is 0 Å². The molecule has 1 saturated heterocycles. The maximum absolute atomic E-state index is 12.8. The number of nitrogens with zero attached hydrogens (tertiary/aromatic N) is 2. The van der Waals surface area contributed by atoms with Crippen LogP contribution in [0.25, 0.3) is 0 Å². The molecule has 0 saturated carbocycles. The predicted octanol–water partition coefficient (Wildman–Crippen LogP) is -0.345. The Labute approximate surface area is 121 Å². The lowest BCUT2D eigenvalue weighted by molar-refractivity contribution is -0.145. The second-order valence-electron chi connectivity index (χ2n) is 5.70. The number of carbonyl (C=O) groups excluding carboxylic acids is 2. The van der Waals surface area contributed by atoms with Crippen LogP contribution in [0.3, 0.4) is 0 Å². The smallest absolute Gasteiger partial charge is 0.242 e. The number of rotatable bonds is 6. The van der Waals surface area contributed by atoms with Gasteiger partial charge in [0.05, 0.1) is 12.1 Å². The fraction of sp³-hybridized carbons (Fsp3) is 0.857. The number of carbonyl (C=O) groups is 2. The molecule has 1 heterocycles. The molecule has 2 N–H and O–H groups in total. The average molecular weight is 284 g/mol. The van der Waals surface area contributed by atoms with Crippen molar-refractivity contribution in [1.29, 1.82) is 0 Å². The molecule has 1 fully saturated rings. The van der Waals surface area contributed by atoms with Crippen LogP contribution in [-0.2, 0) is 9.59 Å². The van der Waals surface area contributed by atoms with Crippen LogP contribution in [-0.4, -0.2) is 73.5 Å². The number of hydrogen-bond acceptors (Lipinski definition) is 4. The summed E-state index contributed by atoms with van der Waals surface area (Å²) in [6, 6.07) is 0. The molecule has 6 nitrogen and oxygen atoms in total. The van der Waals surface area contributed by atoms with Crippen molar-refractivity contribution in [3.63, 3.8) is 0 Å². The van der Waals surface area contributed by atoms with E-state index in [0.717, 1.165) is 32.6 Å². The summed E-state index contributed by atoms with van der Waals surface area (Å²) < 4.78 is 0. The van der Waals surface area contributed by atoms with Crippen LogP contribution >= 0.6 is 0 Å².